The van der Waals surface area contributed by atoms with Crippen LogP contribution in [0.1, 0.15) is 37.8 Å². The van der Waals surface area contributed by atoms with Gasteiger partial charge >= 0.3 is 0 Å². The van der Waals surface area contributed by atoms with E-state index in [4.69, 9.17) is 0 Å². The molecule has 1 unspecified atom stereocenters. The lowest BCUT2D eigenvalue weighted by molar-refractivity contribution is 0.625. The van der Waals surface area contributed by atoms with E-state index in [0.717, 1.165) is 36.1 Å². The molecule has 1 nitrogen and oxygen atoms in total. The molecule has 0 fully saturated rings. The fourth-order valence-electron chi connectivity index (χ4n) is 2.08. The molecule has 80 valence electrons. The maximum absolute atomic E-state index is 13.1. The predicted octanol–water partition coefficient (Wildman–Crippen LogP) is 3.36. The van der Waals surface area contributed by atoms with Crippen LogP contribution in [0.2, 0.25) is 0 Å². The molecule has 0 saturated carbocycles. The highest BCUT2D eigenvalue weighted by Gasteiger charge is 2.16. The van der Waals surface area contributed by atoms with E-state index in [1.54, 1.807) is 6.07 Å². The van der Waals surface area contributed by atoms with Gasteiger partial charge in [0.1, 0.15) is 5.82 Å². The lowest BCUT2D eigenvalue weighted by Gasteiger charge is -2.07. The summed E-state index contributed by atoms with van der Waals surface area (Å²) in [6.07, 6.45) is 3.01. The van der Waals surface area contributed by atoms with Crippen molar-refractivity contribution < 1.29 is 4.39 Å². The summed E-state index contributed by atoms with van der Waals surface area (Å²) in [6, 6.07) is 5.45. The third-order valence-electron chi connectivity index (χ3n) is 2.93. The molecule has 0 saturated heterocycles. The van der Waals surface area contributed by atoms with E-state index in [1.165, 1.54) is 6.07 Å². The zero-order chi connectivity index (χ0) is 10.8. The van der Waals surface area contributed by atoms with Crippen molar-refractivity contribution in [3.63, 3.8) is 0 Å². The Hall–Kier alpha value is -1.18. The van der Waals surface area contributed by atoms with E-state index in [0.29, 0.717) is 6.04 Å². The molecule has 1 aliphatic rings. The first-order valence-electron chi connectivity index (χ1n) is 5.56. The number of nitrogens with zero attached hydrogens (tertiary/aromatic N) is 1. The SMILES string of the molecule is CCc1cc(F)ccc1C1=NC(C)CC1. The van der Waals surface area contributed by atoms with Gasteiger partial charge in [-0.1, -0.05) is 6.92 Å². The molecule has 0 bridgehead atoms. The molecule has 0 aliphatic carbocycles. The third-order valence-corrected chi connectivity index (χ3v) is 2.93. The highest BCUT2D eigenvalue weighted by Crippen LogP contribution is 2.21. The van der Waals surface area contributed by atoms with Gasteiger partial charge in [0.2, 0.25) is 0 Å². The molecule has 0 aromatic heterocycles. The Morgan fingerprint density at radius 2 is 2.27 bits per heavy atom. The minimum absolute atomic E-state index is 0.151. The van der Waals surface area contributed by atoms with Gasteiger partial charge in [-0.25, -0.2) is 4.39 Å². The summed E-state index contributed by atoms with van der Waals surface area (Å²) in [7, 11) is 0. The van der Waals surface area contributed by atoms with Crippen LogP contribution in [0.4, 0.5) is 4.39 Å². The standard InChI is InChI=1S/C13H16FN/c1-3-10-8-11(14)5-6-12(10)13-7-4-9(2)15-13/h5-6,8-9H,3-4,7H2,1-2H3. The van der Waals surface area contributed by atoms with Crippen LogP contribution in [0, 0.1) is 5.82 Å². The molecule has 0 radical (unpaired) electrons. The second kappa shape index (κ2) is 4.13. The van der Waals surface area contributed by atoms with Gasteiger partial charge in [-0.3, -0.25) is 4.99 Å². The lowest BCUT2D eigenvalue weighted by Crippen LogP contribution is -2.02. The van der Waals surface area contributed by atoms with Crippen LogP contribution >= 0.6 is 0 Å². The Bertz CT molecular complexity index is 396. The number of aliphatic imine (C=N–C) groups is 1. The van der Waals surface area contributed by atoms with Gasteiger partial charge in [-0.15, -0.1) is 0 Å². The van der Waals surface area contributed by atoms with Crippen molar-refractivity contribution >= 4 is 5.71 Å². The van der Waals surface area contributed by atoms with Crippen LogP contribution in [-0.2, 0) is 6.42 Å². The highest BCUT2D eigenvalue weighted by molar-refractivity contribution is 6.02. The molecule has 15 heavy (non-hydrogen) atoms. The summed E-state index contributed by atoms with van der Waals surface area (Å²) in [5, 5.41) is 0. The van der Waals surface area contributed by atoms with Crippen molar-refractivity contribution in [2.45, 2.75) is 39.2 Å². The van der Waals surface area contributed by atoms with Gasteiger partial charge in [-0.2, -0.15) is 0 Å². The molecule has 0 amide bonds. The minimum atomic E-state index is -0.151. The second-order valence-corrected chi connectivity index (χ2v) is 4.12. The highest BCUT2D eigenvalue weighted by atomic mass is 19.1. The monoisotopic (exact) mass is 205 g/mol. The maximum Gasteiger partial charge on any atom is 0.123 e. The van der Waals surface area contributed by atoms with Crippen LogP contribution in [0.3, 0.4) is 0 Å². The number of hydrogen-bond acceptors (Lipinski definition) is 1. The molecule has 1 aromatic rings. The Morgan fingerprint density at radius 1 is 1.47 bits per heavy atom. The Labute approximate surface area is 90.0 Å². The predicted molar refractivity (Wildman–Crippen MR) is 61.0 cm³/mol. The summed E-state index contributed by atoms with van der Waals surface area (Å²) in [5.41, 5.74) is 3.37. The summed E-state index contributed by atoms with van der Waals surface area (Å²) in [5.74, 6) is -0.151. The fraction of sp³-hybridized carbons (Fsp3) is 0.462. The van der Waals surface area contributed by atoms with E-state index in [2.05, 4.69) is 18.8 Å². The van der Waals surface area contributed by atoms with Crippen LogP contribution in [-0.4, -0.2) is 11.8 Å². The van der Waals surface area contributed by atoms with Crippen LogP contribution in [0.25, 0.3) is 0 Å². The first-order chi connectivity index (χ1) is 7.20. The van der Waals surface area contributed by atoms with E-state index >= 15 is 0 Å². The molecule has 1 atom stereocenters. The first-order valence-corrected chi connectivity index (χ1v) is 5.56. The minimum Gasteiger partial charge on any atom is -0.286 e. The third kappa shape index (κ3) is 2.09. The van der Waals surface area contributed by atoms with Gasteiger partial charge in [-0.05, 0) is 55.5 Å². The van der Waals surface area contributed by atoms with Gasteiger partial charge in [0.05, 0.1) is 0 Å². The topological polar surface area (TPSA) is 12.4 Å². The lowest BCUT2D eigenvalue weighted by atomic mass is 9.99. The molecule has 0 N–H and O–H groups in total. The second-order valence-electron chi connectivity index (χ2n) is 4.12. The number of rotatable bonds is 2. The summed E-state index contributed by atoms with van der Waals surface area (Å²) < 4.78 is 13.1. The van der Waals surface area contributed by atoms with Gasteiger partial charge in [0.15, 0.2) is 0 Å². The molecule has 1 aliphatic heterocycles. The molecular weight excluding hydrogens is 189 g/mol. The van der Waals surface area contributed by atoms with Crippen LogP contribution < -0.4 is 0 Å². The van der Waals surface area contributed by atoms with Crippen molar-refractivity contribution in [3.05, 3.63) is 35.1 Å². The first kappa shape index (κ1) is 10.3. The summed E-state index contributed by atoms with van der Waals surface area (Å²) >= 11 is 0. The van der Waals surface area contributed by atoms with Crippen molar-refractivity contribution in [2.24, 2.45) is 4.99 Å². The molecular formula is C13H16FN. The molecule has 1 heterocycles. The van der Waals surface area contributed by atoms with E-state index in [9.17, 15) is 4.39 Å². The number of hydrogen-bond donors (Lipinski definition) is 0. The zero-order valence-electron chi connectivity index (χ0n) is 9.26. The van der Waals surface area contributed by atoms with E-state index < -0.39 is 0 Å². The molecule has 2 rings (SSSR count). The van der Waals surface area contributed by atoms with Crippen molar-refractivity contribution in [1.29, 1.82) is 0 Å². The largest absolute Gasteiger partial charge is 0.286 e. The van der Waals surface area contributed by atoms with Gasteiger partial charge < -0.3 is 0 Å². The number of aryl methyl sites for hydroxylation is 1. The average molecular weight is 205 g/mol. The van der Waals surface area contributed by atoms with E-state index in [1.807, 2.05) is 6.07 Å². The van der Waals surface area contributed by atoms with Crippen molar-refractivity contribution in [1.82, 2.24) is 0 Å². The average Bonchev–Trinajstić information content (AvgIpc) is 2.64. The van der Waals surface area contributed by atoms with Gasteiger partial charge in [0, 0.05) is 11.8 Å². The summed E-state index contributed by atoms with van der Waals surface area (Å²) in [6.45, 7) is 4.18. The molecule has 2 heteroatoms. The normalized spacial score (nSPS) is 20.5. The van der Waals surface area contributed by atoms with Crippen molar-refractivity contribution in [3.8, 4) is 0 Å². The molecule has 1 aromatic carbocycles. The Kier molecular flexibility index (Phi) is 2.85. The van der Waals surface area contributed by atoms with Crippen LogP contribution in [0.5, 0.6) is 0 Å². The van der Waals surface area contributed by atoms with Crippen LogP contribution in [0.15, 0.2) is 23.2 Å². The fourth-order valence-corrected chi connectivity index (χ4v) is 2.08. The van der Waals surface area contributed by atoms with Crippen molar-refractivity contribution in [2.75, 3.05) is 0 Å². The quantitative estimate of drug-likeness (QED) is 0.702. The Balaban J connectivity index is 2.39. The van der Waals surface area contributed by atoms with E-state index in [-0.39, 0.29) is 5.82 Å². The van der Waals surface area contributed by atoms with Gasteiger partial charge in [0.25, 0.3) is 0 Å². The number of benzene rings is 1. The summed E-state index contributed by atoms with van der Waals surface area (Å²) in [4.78, 5) is 4.59. The zero-order valence-corrected chi connectivity index (χ0v) is 9.26. The Morgan fingerprint density at radius 3 is 2.87 bits per heavy atom. The molecule has 0 spiro atoms. The number of halogens is 1. The smallest absolute Gasteiger partial charge is 0.123 e. The maximum atomic E-state index is 13.1.